The van der Waals surface area contributed by atoms with Gasteiger partial charge in [-0.3, -0.25) is 0 Å². The Labute approximate surface area is 80.6 Å². The van der Waals surface area contributed by atoms with Gasteiger partial charge in [-0.2, -0.15) is 0 Å². The van der Waals surface area contributed by atoms with Crippen molar-refractivity contribution in [2.75, 3.05) is 0 Å². The minimum atomic E-state index is 1.00. The number of allylic oxidation sites excluding steroid dienone is 2. The number of hydrogen-bond donors (Lipinski definition) is 0. The summed E-state index contributed by atoms with van der Waals surface area (Å²) in [5.74, 6) is 0. The molecule has 13 heavy (non-hydrogen) atoms. The summed E-state index contributed by atoms with van der Waals surface area (Å²) in [7, 11) is 0. The van der Waals surface area contributed by atoms with E-state index in [0.717, 1.165) is 6.42 Å². The fourth-order valence-corrected chi connectivity index (χ4v) is 1.23. The van der Waals surface area contributed by atoms with Crippen LogP contribution in [0.3, 0.4) is 0 Å². The van der Waals surface area contributed by atoms with Crippen molar-refractivity contribution in [2.45, 2.75) is 20.3 Å². The van der Waals surface area contributed by atoms with Crippen LogP contribution in [0.4, 0.5) is 0 Å². The minimum Gasteiger partial charge on any atom is -0.0985 e. The summed E-state index contributed by atoms with van der Waals surface area (Å²) in [6.45, 7) is 8.04. The zero-order valence-electron chi connectivity index (χ0n) is 8.38. The van der Waals surface area contributed by atoms with Gasteiger partial charge in [0.25, 0.3) is 0 Å². The smallest absolute Gasteiger partial charge is 0.00890 e. The first-order valence-electron chi connectivity index (χ1n) is 4.57. The Morgan fingerprint density at radius 1 is 1.31 bits per heavy atom. The van der Waals surface area contributed by atoms with E-state index in [9.17, 15) is 0 Å². The van der Waals surface area contributed by atoms with E-state index < -0.39 is 0 Å². The van der Waals surface area contributed by atoms with E-state index in [1.807, 2.05) is 12.1 Å². The predicted octanol–water partition coefficient (Wildman–Crippen LogP) is 3.84. The molecule has 0 fully saturated rings. The van der Waals surface area contributed by atoms with Crippen LogP contribution < -0.4 is 0 Å². The number of rotatable bonds is 3. The molecule has 0 aromatic heterocycles. The molecule has 0 spiro atoms. The molecule has 0 unspecified atom stereocenters. The summed E-state index contributed by atoms with van der Waals surface area (Å²) in [6, 6.07) is 8.36. The molecule has 0 atom stereocenters. The molecule has 68 valence electrons. The standard InChI is InChI=1S/C13H16/c1-4-12-7-5-6-8-13(12)10-9-11(2)3/h4-9H,1,10H2,2-3H3. The lowest BCUT2D eigenvalue weighted by Gasteiger charge is -2.02. The van der Waals surface area contributed by atoms with Gasteiger partial charge in [0.1, 0.15) is 0 Å². The summed E-state index contributed by atoms with van der Waals surface area (Å²) >= 11 is 0. The third kappa shape index (κ3) is 2.90. The van der Waals surface area contributed by atoms with Crippen molar-refractivity contribution in [2.24, 2.45) is 0 Å². The highest BCUT2D eigenvalue weighted by Gasteiger charge is 1.94. The van der Waals surface area contributed by atoms with Gasteiger partial charge in [0, 0.05) is 0 Å². The van der Waals surface area contributed by atoms with Crippen molar-refractivity contribution in [1.29, 1.82) is 0 Å². The monoisotopic (exact) mass is 172 g/mol. The van der Waals surface area contributed by atoms with E-state index in [4.69, 9.17) is 0 Å². The number of benzene rings is 1. The Balaban J connectivity index is 2.87. The highest BCUT2D eigenvalue weighted by atomic mass is 14.0. The SMILES string of the molecule is C=Cc1ccccc1CC=C(C)C. The van der Waals surface area contributed by atoms with Gasteiger partial charge in [0.05, 0.1) is 0 Å². The Morgan fingerprint density at radius 2 is 2.00 bits per heavy atom. The van der Waals surface area contributed by atoms with Gasteiger partial charge < -0.3 is 0 Å². The molecule has 0 aliphatic rings. The molecule has 0 heterocycles. The van der Waals surface area contributed by atoms with Crippen LogP contribution in [0.15, 0.2) is 42.5 Å². The fourth-order valence-electron chi connectivity index (χ4n) is 1.23. The molecule has 0 nitrogen and oxygen atoms in total. The van der Waals surface area contributed by atoms with Crippen molar-refractivity contribution in [3.8, 4) is 0 Å². The van der Waals surface area contributed by atoms with Crippen LogP contribution in [-0.2, 0) is 6.42 Å². The first-order chi connectivity index (χ1) is 6.24. The van der Waals surface area contributed by atoms with Crippen molar-refractivity contribution in [3.63, 3.8) is 0 Å². The first kappa shape index (κ1) is 9.79. The molecule has 1 aromatic carbocycles. The Kier molecular flexibility index (Phi) is 3.51. The summed E-state index contributed by atoms with van der Waals surface area (Å²) in [5.41, 5.74) is 3.94. The summed E-state index contributed by atoms with van der Waals surface area (Å²) in [5, 5.41) is 0. The van der Waals surface area contributed by atoms with Crippen LogP contribution in [-0.4, -0.2) is 0 Å². The molecular weight excluding hydrogens is 156 g/mol. The van der Waals surface area contributed by atoms with Gasteiger partial charge in [-0.1, -0.05) is 48.6 Å². The normalized spacial score (nSPS) is 9.38. The largest absolute Gasteiger partial charge is 0.0985 e. The maximum Gasteiger partial charge on any atom is -0.00890 e. The summed E-state index contributed by atoms with van der Waals surface area (Å²) in [6.07, 6.45) is 5.15. The zero-order valence-corrected chi connectivity index (χ0v) is 8.38. The maximum atomic E-state index is 3.80. The van der Waals surface area contributed by atoms with Crippen LogP contribution in [0, 0.1) is 0 Å². The van der Waals surface area contributed by atoms with Crippen LogP contribution in [0.25, 0.3) is 6.08 Å². The van der Waals surface area contributed by atoms with Gasteiger partial charge in [-0.05, 0) is 31.4 Å². The summed E-state index contributed by atoms with van der Waals surface area (Å²) in [4.78, 5) is 0. The van der Waals surface area contributed by atoms with E-state index in [-0.39, 0.29) is 0 Å². The molecule has 1 aromatic rings. The fraction of sp³-hybridized carbons (Fsp3) is 0.231. The van der Waals surface area contributed by atoms with Crippen molar-refractivity contribution in [1.82, 2.24) is 0 Å². The molecule has 0 saturated carbocycles. The van der Waals surface area contributed by atoms with Gasteiger partial charge in [0.15, 0.2) is 0 Å². The van der Waals surface area contributed by atoms with E-state index in [2.05, 4.69) is 44.7 Å². The topological polar surface area (TPSA) is 0 Å². The van der Waals surface area contributed by atoms with Gasteiger partial charge in [0.2, 0.25) is 0 Å². The second-order valence-corrected chi connectivity index (χ2v) is 3.39. The first-order valence-corrected chi connectivity index (χ1v) is 4.57. The van der Waals surface area contributed by atoms with E-state index in [0.29, 0.717) is 0 Å². The molecule has 0 N–H and O–H groups in total. The van der Waals surface area contributed by atoms with Crippen LogP contribution in [0.2, 0.25) is 0 Å². The lowest BCUT2D eigenvalue weighted by Crippen LogP contribution is -1.86. The van der Waals surface area contributed by atoms with Crippen LogP contribution in [0.5, 0.6) is 0 Å². The molecule has 0 radical (unpaired) electrons. The highest BCUT2D eigenvalue weighted by molar-refractivity contribution is 5.52. The van der Waals surface area contributed by atoms with Crippen molar-refractivity contribution in [3.05, 3.63) is 53.6 Å². The van der Waals surface area contributed by atoms with Crippen molar-refractivity contribution >= 4 is 6.08 Å². The third-order valence-corrected chi connectivity index (χ3v) is 2.01. The van der Waals surface area contributed by atoms with Gasteiger partial charge in [-0.25, -0.2) is 0 Å². The quantitative estimate of drug-likeness (QED) is 0.608. The second-order valence-electron chi connectivity index (χ2n) is 3.39. The highest BCUT2D eigenvalue weighted by Crippen LogP contribution is 2.11. The Bertz CT molecular complexity index is 315. The Hall–Kier alpha value is -1.30. The Morgan fingerprint density at radius 3 is 2.62 bits per heavy atom. The van der Waals surface area contributed by atoms with Crippen LogP contribution in [0.1, 0.15) is 25.0 Å². The second kappa shape index (κ2) is 4.66. The van der Waals surface area contributed by atoms with E-state index in [1.165, 1.54) is 16.7 Å². The number of hydrogen-bond acceptors (Lipinski definition) is 0. The average Bonchev–Trinajstić information content (AvgIpc) is 2.15. The molecule has 0 amide bonds. The molecule has 0 aliphatic carbocycles. The average molecular weight is 172 g/mol. The minimum absolute atomic E-state index is 1.00. The van der Waals surface area contributed by atoms with E-state index in [1.54, 1.807) is 0 Å². The van der Waals surface area contributed by atoms with Crippen molar-refractivity contribution < 1.29 is 0 Å². The molecular formula is C13H16. The van der Waals surface area contributed by atoms with Crippen LogP contribution >= 0.6 is 0 Å². The maximum absolute atomic E-state index is 3.80. The molecule has 0 aliphatic heterocycles. The van der Waals surface area contributed by atoms with E-state index >= 15 is 0 Å². The predicted molar refractivity (Wildman–Crippen MR) is 59.7 cm³/mol. The lowest BCUT2D eigenvalue weighted by molar-refractivity contribution is 1.21. The zero-order chi connectivity index (χ0) is 9.68. The molecule has 1 rings (SSSR count). The molecule has 0 saturated heterocycles. The molecule has 0 bridgehead atoms. The third-order valence-electron chi connectivity index (χ3n) is 2.01. The summed E-state index contributed by atoms with van der Waals surface area (Å²) < 4.78 is 0. The van der Waals surface area contributed by atoms with Gasteiger partial charge >= 0.3 is 0 Å². The van der Waals surface area contributed by atoms with Gasteiger partial charge in [-0.15, -0.1) is 0 Å². The lowest BCUT2D eigenvalue weighted by atomic mass is 10.0. The molecule has 0 heteroatoms.